The fourth-order valence-corrected chi connectivity index (χ4v) is 4.40. The van der Waals surface area contributed by atoms with E-state index in [0.717, 1.165) is 12.1 Å². The van der Waals surface area contributed by atoms with Crippen LogP contribution >= 0.6 is 22.9 Å². The quantitative estimate of drug-likeness (QED) is 0.886. The monoisotopic (exact) mass is 305 g/mol. The van der Waals surface area contributed by atoms with Crippen LogP contribution in [0.3, 0.4) is 0 Å². The summed E-state index contributed by atoms with van der Waals surface area (Å²) in [5, 5.41) is 0. The molecule has 7 heteroatoms. The van der Waals surface area contributed by atoms with Crippen LogP contribution in [0.5, 0.6) is 0 Å². The number of rotatable bonds is 3. The van der Waals surface area contributed by atoms with E-state index in [2.05, 4.69) is 0 Å². The Bertz CT molecular complexity index is 682. The molecule has 0 amide bonds. The minimum atomic E-state index is -3.67. The van der Waals surface area contributed by atoms with E-state index >= 15 is 0 Å². The van der Waals surface area contributed by atoms with E-state index in [0.29, 0.717) is 9.21 Å². The van der Waals surface area contributed by atoms with Crippen molar-refractivity contribution in [3.8, 4) is 0 Å². The highest BCUT2D eigenvalue weighted by Crippen LogP contribution is 2.28. The molecule has 1 heterocycles. The van der Waals surface area contributed by atoms with Gasteiger partial charge in [0.05, 0.1) is 20.7 Å². The summed E-state index contributed by atoms with van der Waals surface area (Å²) >= 11 is 6.90. The number of thiophene rings is 1. The van der Waals surface area contributed by atoms with Crippen LogP contribution < -0.4 is 5.73 Å². The maximum Gasteiger partial charge on any atom is 0.185 e. The molecule has 0 aliphatic carbocycles. The number of hydrogen-bond acceptors (Lipinski definition) is 4. The second-order valence-corrected chi connectivity index (χ2v) is 7.40. The molecule has 0 saturated carbocycles. The lowest BCUT2D eigenvalue weighted by Crippen LogP contribution is -2.07. The van der Waals surface area contributed by atoms with E-state index < -0.39 is 15.7 Å². The van der Waals surface area contributed by atoms with Crippen LogP contribution in [0, 0.1) is 5.82 Å². The van der Waals surface area contributed by atoms with E-state index in [-0.39, 0.29) is 16.3 Å². The first-order valence-corrected chi connectivity index (χ1v) is 7.75. The summed E-state index contributed by atoms with van der Waals surface area (Å²) in [7, 11) is -3.67. The first-order valence-electron chi connectivity index (χ1n) is 4.90. The van der Waals surface area contributed by atoms with Gasteiger partial charge in [-0.15, -0.1) is 11.3 Å². The maximum absolute atomic E-state index is 13.1. The third kappa shape index (κ3) is 2.82. The third-order valence-corrected chi connectivity index (χ3v) is 5.40. The fourth-order valence-electron chi connectivity index (χ4n) is 1.47. The molecule has 0 aliphatic heterocycles. The molecule has 3 nitrogen and oxygen atoms in total. The summed E-state index contributed by atoms with van der Waals surface area (Å²) in [5.74, 6) is -0.870. The summed E-state index contributed by atoms with van der Waals surface area (Å²) in [6.45, 7) is 0. The normalized spacial score (nSPS) is 11.7. The summed E-state index contributed by atoms with van der Waals surface area (Å²) in [6, 6.07) is 6.53. The predicted molar refractivity (Wildman–Crippen MR) is 71.0 cm³/mol. The molecule has 1 aromatic carbocycles. The van der Waals surface area contributed by atoms with Gasteiger partial charge in [0, 0.05) is 4.88 Å². The Labute approximate surface area is 113 Å². The molecule has 0 bridgehead atoms. The van der Waals surface area contributed by atoms with Gasteiger partial charge in [-0.2, -0.15) is 0 Å². The SMILES string of the molecule is Nc1ccc(F)cc1S(=O)(=O)Cc1ccc(Cl)s1. The van der Waals surface area contributed by atoms with Crippen molar-refractivity contribution in [3.63, 3.8) is 0 Å². The Kier molecular flexibility index (Phi) is 3.61. The van der Waals surface area contributed by atoms with Crippen molar-refractivity contribution >= 4 is 38.5 Å². The van der Waals surface area contributed by atoms with Crippen molar-refractivity contribution in [2.75, 3.05) is 5.73 Å². The third-order valence-electron chi connectivity index (χ3n) is 2.27. The van der Waals surface area contributed by atoms with Crippen LogP contribution in [0.25, 0.3) is 0 Å². The standard InChI is InChI=1S/C11H9ClFNO2S2/c12-11-4-2-8(17-11)6-18(15,16)10-5-7(13)1-3-9(10)14/h1-5H,6,14H2. The van der Waals surface area contributed by atoms with Crippen LogP contribution in [0.15, 0.2) is 35.2 Å². The molecular formula is C11H9ClFNO2S2. The first kappa shape index (κ1) is 13.3. The van der Waals surface area contributed by atoms with Gasteiger partial charge in [0.1, 0.15) is 5.82 Å². The lowest BCUT2D eigenvalue weighted by Gasteiger charge is -2.06. The number of hydrogen-bond donors (Lipinski definition) is 1. The van der Waals surface area contributed by atoms with Crippen molar-refractivity contribution in [3.05, 3.63) is 45.4 Å². The highest BCUT2D eigenvalue weighted by atomic mass is 35.5. The number of nitrogen functional groups attached to an aromatic ring is 1. The minimum Gasteiger partial charge on any atom is -0.398 e. The molecule has 0 unspecified atom stereocenters. The topological polar surface area (TPSA) is 60.2 Å². The fraction of sp³-hybridized carbons (Fsp3) is 0.0909. The molecule has 1 aromatic heterocycles. The van der Waals surface area contributed by atoms with Gasteiger partial charge in [-0.1, -0.05) is 11.6 Å². The van der Waals surface area contributed by atoms with Gasteiger partial charge in [-0.25, -0.2) is 12.8 Å². The predicted octanol–water partition coefficient (Wildman–Crippen LogP) is 3.10. The van der Waals surface area contributed by atoms with Crippen LogP contribution in [0.4, 0.5) is 10.1 Å². The average molecular weight is 306 g/mol. The first-order chi connectivity index (χ1) is 8.38. The van der Waals surface area contributed by atoms with Gasteiger partial charge < -0.3 is 5.73 Å². The Balaban J connectivity index is 2.39. The van der Waals surface area contributed by atoms with Crippen LogP contribution in [-0.4, -0.2) is 8.42 Å². The van der Waals surface area contributed by atoms with E-state index in [1.807, 2.05) is 0 Å². The van der Waals surface area contributed by atoms with Crippen molar-refractivity contribution < 1.29 is 12.8 Å². The number of sulfone groups is 1. The lowest BCUT2D eigenvalue weighted by molar-refractivity contribution is 0.591. The maximum atomic E-state index is 13.1. The van der Waals surface area contributed by atoms with Gasteiger partial charge in [0.25, 0.3) is 0 Å². The Hall–Kier alpha value is -1.11. The van der Waals surface area contributed by atoms with E-state index in [4.69, 9.17) is 17.3 Å². The number of benzene rings is 1. The zero-order valence-electron chi connectivity index (χ0n) is 9.06. The van der Waals surface area contributed by atoms with Crippen molar-refractivity contribution in [2.45, 2.75) is 10.6 Å². The van der Waals surface area contributed by atoms with Crippen LogP contribution in [0.2, 0.25) is 4.34 Å². The van der Waals surface area contributed by atoms with Crippen molar-refractivity contribution in [1.82, 2.24) is 0 Å². The van der Waals surface area contributed by atoms with Gasteiger partial charge in [-0.05, 0) is 30.3 Å². The number of halogens is 2. The number of anilines is 1. The summed E-state index contributed by atoms with van der Waals surface area (Å²) in [5.41, 5.74) is 5.61. The van der Waals surface area contributed by atoms with Gasteiger partial charge in [-0.3, -0.25) is 0 Å². The highest BCUT2D eigenvalue weighted by Gasteiger charge is 2.20. The molecular weight excluding hydrogens is 297 g/mol. The average Bonchev–Trinajstić information content (AvgIpc) is 2.66. The number of nitrogens with two attached hydrogens (primary N) is 1. The van der Waals surface area contributed by atoms with E-state index in [9.17, 15) is 12.8 Å². The van der Waals surface area contributed by atoms with E-state index in [1.54, 1.807) is 12.1 Å². The second kappa shape index (κ2) is 4.87. The molecule has 2 rings (SSSR count). The van der Waals surface area contributed by atoms with Gasteiger partial charge >= 0.3 is 0 Å². The van der Waals surface area contributed by atoms with E-state index in [1.165, 1.54) is 17.4 Å². The highest BCUT2D eigenvalue weighted by molar-refractivity contribution is 7.91. The van der Waals surface area contributed by atoms with Crippen LogP contribution in [-0.2, 0) is 15.6 Å². The largest absolute Gasteiger partial charge is 0.398 e. The molecule has 2 aromatic rings. The molecule has 0 fully saturated rings. The minimum absolute atomic E-state index is 0.0408. The molecule has 0 saturated heterocycles. The summed E-state index contributed by atoms with van der Waals surface area (Å²) in [4.78, 5) is 0.399. The molecule has 96 valence electrons. The smallest absolute Gasteiger partial charge is 0.185 e. The molecule has 0 spiro atoms. The van der Waals surface area contributed by atoms with Crippen molar-refractivity contribution in [1.29, 1.82) is 0 Å². The molecule has 2 N–H and O–H groups in total. The lowest BCUT2D eigenvalue weighted by atomic mass is 10.3. The summed E-state index contributed by atoms with van der Waals surface area (Å²) < 4.78 is 37.8. The molecule has 0 aliphatic rings. The Morgan fingerprint density at radius 1 is 1.28 bits per heavy atom. The second-order valence-electron chi connectivity index (χ2n) is 3.65. The summed E-state index contributed by atoms with van der Waals surface area (Å²) in [6.07, 6.45) is 0. The Morgan fingerprint density at radius 2 is 2.00 bits per heavy atom. The van der Waals surface area contributed by atoms with Gasteiger partial charge in [0.15, 0.2) is 9.84 Å². The van der Waals surface area contributed by atoms with Gasteiger partial charge in [0.2, 0.25) is 0 Å². The molecule has 0 radical (unpaired) electrons. The Morgan fingerprint density at radius 3 is 2.61 bits per heavy atom. The molecule has 0 atom stereocenters. The van der Waals surface area contributed by atoms with Crippen molar-refractivity contribution in [2.24, 2.45) is 0 Å². The van der Waals surface area contributed by atoms with Crippen LogP contribution in [0.1, 0.15) is 4.88 Å². The molecule has 18 heavy (non-hydrogen) atoms. The zero-order chi connectivity index (χ0) is 13.3. The zero-order valence-corrected chi connectivity index (χ0v) is 11.4.